The lowest BCUT2D eigenvalue weighted by Crippen LogP contribution is -2.51. The van der Waals surface area contributed by atoms with Gasteiger partial charge in [0.1, 0.15) is 0 Å². The SMILES string of the molecule is NC(=NCC1CCN(c2ccc(F)c(F)c2)C1)N1CCN(c2nccs2)CC1. The molecule has 3 heterocycles. The summed E-state index contributed by atoms with van der Waals surface area (Å²) in [6, 6.07) is 4.07. The number of anilines is 2. The fourth-order valence-electron chi connectivity index (χ4n) is 3.72. The van der Waals surface area contributed by atoms with Gasteiger partial charge in [-0.15, -0.1) is 11.3 Å². The molecule has 0 aliphatic carbocycles. The van der Waals surface area contributed by atoms with E-state index in [0.717, 1.165) is 56.5 Å². The van der Waals surface area contributed by atoms with Crippen molar-refractivity contribution in [3.8, 4) is 0 Å². The van der Waals surface area contributed by atoms with Gasteiger partial charge in [-0.25, -0.2) is 13.8 Å². The first kappa shape index (κ1) is 18.9. The van der Waals surface area contributed by atoms with Gasteiger partial charge in [0, 0.05) is 69.1 Å². The van der Waals surface area contributed by atoms with Crippen LogP contribution in [0, 0.1) is 17.6 Å². The zero-order chi connectivity index (χ0) is 19.5. The zero-order valence-electron chi connectivity index (χ0n) is 15.6. The Bertz CT molecular complexity index is 820. The number of aromatic nitrogens is 1. The Morgan fingerprint density at radius 2 is 1.96 bits per heavy atom. The first-order valence-corrected chi connectivity index (χ1v) is 10.4. The van der Waals surface area contributed by atoms with Crippen molar-refractivity contribution in [2.24, 2.45) is 16.6 Å². The molecule has 6 nitrogen and oxygen atoms in total. The molecule has 2 N–H and O–H groups in total. The van der Waals surface area contributed by atoms with Crippen molar-refractivity contribution in [1.82, 2.24) is 9.88 Å². The van der Waals surface area contributed by atoms with Gasteiger partial charge in [-0.3, -0.25) is 4.99 Å². The second-order valence-corrected chi connectivity index (χ2v) is 8.06. The summed E-state index contributed by atoms with van der Waals surface area (Å²) in [5.41, 5.74) is 6.93. The molecular formula is C19H24F2N6S. The van der Waals surface area contributed by atoms with Crippen molar-refractivity contribution < 1.29 is 8.78 Å². The predicted molar refractivity (Wildman–Crippen MR) is 109 cm³/mol. The normalized spacial score (nSPS) is 20.9. The molecule has 1 unspecified atom stereocenters. The molecule has 2 saturated heterocycles. The quantitative estimate of drug-likeness (QED) is 0.624. The van der Waals surface area contributed by atoms with Crippen LogP contribution < -0.4 is 15.5 Å². The number of nitrogens with two attached hydrogens (primary N) is 1. The maximum absolute atomic E-state index is 13.5. The van der Waals surface area contributed by atoms with Crippen molar-refractivity contribution in [1.29, 1.82) is 0 Å². The summed E-state index contributed by atoms with van der Waals surface area (Å²) < 4.78 is 26.6. The van der Waals surface area contributed by atoms with Gasteiger partial charge < -0.3 is 20.4 Å². The fraction of sp³-hybridized carbons (Fsp3) is 0.474. The lowest BCUT2D eigenvalue weighted by molar-refractivity contribution is 0.379. The van der Waals surface area contributed by atoms with E-state index in [4.69, 9.17) is 5.73 Å². The standard InChI is InChI=1S/C19H24F2N6S/c20-16-2-1-15(11-17(16)21)27-5-3-14(13-27)12-24-18(22)25-6-8-26(9-7-25)19-23-4-10-28-19/h1-2,4,10-11,14H,3,5-9,12-13H2,(H2,22,24). The summed E-state index contributed by atoms with van der Waals surface area (Å²) in [6.45, 7) is 5.69. The van der Waals surface area contributed by atoms with Crippen molar-refractivity contribution in [3.63, 3.8) is 0 Å². The van der Waals surface area contributed by atoms with Gasteiger partial charge in [-0.05, 0) is 24.5 Å². The first-order chi connectivity index (χ1) is 13.6. The Labute approximate surface area is 167 Å². The van der Waals surface area contributed by atoms with Crippen LogP contribution in [0.25, 0.3) is 0 Å². The molecule has 4 rings (SSSR count). The monoisotopic (exact) mass is 406 g/mol. The van der Waals surface area contributed by atoms with Crippen LogP contribution in [-0.4, -0.2) is 61.7 Å². The van der Waals surface area contributed by atoms with E-state index in [2.05, 4.69) is 24.7 Å². The minimum absolute atomic E-state index is 0.364. The number of piperazine rings is 1. The number of hydrogen-bond acceptors (Lipinski definition) is 5. The third-order valence-electron chi connectivity index (χ3n) is 5.36. The van der Waals surface area contributed by atoms with Crippen LogP contribution in [0.1, 0.15) is 6.42 Å². The maximum Gasteiger partial charge on any atom is 0.191 e. The summed E-state index contributed by atoms with van der Waals surface area (Å²) in [5.74, 6) is -0.666. The van der Waals surface area contributed by atoms with E-state index in [-0.39, 0.29) is 0 Å². The Hall–Kier alpha value is -2.42. The van der Waals surface area contributed by atoms with Crippen molar-refractivity contribution in [2.75, 3.05) is 55.6 Å². The Kier molecular flexibility index (Phi) is 5.61. The smallest absolute Gasteiger partial charge is 0.191 e. The average Bonchev–Trinajstić information content (AvgIpc) is 3.40. The van der Waals surface area contributed by atoms with Crippen LogP contribution in [0.5, 0.6) is 0 Å². The number of rotatable bonds is 4. The Balaban J connectivity index is 1.27. The van der Waals surface area contributed by atoms with Crippen LogP contribution in [0.2, 0.25) is 0 Å². The van der Waals surface area contributed by atoms with Gasteiger partial charge in [0.15, 0.2) is 22.7 Å². The molecule has 0 spiro atoms. The largest absolute Gasteiger partial charge is 0.371 e. The van der Waals surface area contributed by atoms with E-state index < -0.39 is 11.6 Å². The summed E-state index contributed by atoms with van der Waals surface area (Å²) >= 11 is 1.65. The van der Waals surface area contributed by atoms with Gasteiger partial charge in [0.2, 0.25) is 0 Å². The predicted octanol–water partition coefficient (Wildman–Crippen LogP) is 2.38. The number of hydrogen-bond donors (Lipinski definition) is 1. The van der Waals surface area contributed by atoms with Crippen LogP contribution in [0.15, 0.2) is 34.8 Å². The van der Waals surface area contributed by atoms with Crippen LogP contribution >= 0.6 is 11.3 Å². The van der Waals surface area contributed by atoms with Crippen molar-refractivity contribution >= 4 is 28.1 Å². The van der Waals surface area contributed by atoms with Gasteiger partial charge in [-0.2, -0.15) is 0 Å². The topological polar surface area (TPSA) is 61.0 Å². The molecule has 0 amide bonds. The third kappa shape index (κ3) is 4.19. The second kappa shape index (κ2) is 8.30. The molecule has 0 saturated carbocycles. The van der Waals surface area contributed by atoms with Crippen LogP contribution in [-0.2, 0) is 0 Å². The first-order valence-electron chi connectivity index (χ1n) is 9.49. The van der Waals surface area contributed by atoms with E-state index >= 15 is 0 Å². The molecule has 9 heteroatoms. The summed E-state index contributed by atoms with van der Waals surface area (Å²) in [4.78, 5) is 15.4. The lowest BCUT2D eigenvalue weighted by Gasteiger charge is -2.35. The number of guanidine groups is 1. The molecule has 0 bridgehead atoms. The maximum atomic E-state index is 13.5. The number of thiazole rings is 1. The van der Waals surface area contributed by atoms with Gasteiger partial charge in [0.25, 0.3) is 0 Å². The molecule has 2 aliphatic heterocycles. The summed E-state index contributed by atoms with van der Waals surface area (Å²) in [7, 11) is 0. The summed E-state index contributed by atoms with van der Waals surface area (Å²) in [6.07, 6.45) is 2.79. The second-order valence-electron chi connectivity index (χ2n) is 7.19. The highest BCUT2D eigenvalue weighted by molar-refractivity contribution is 7.13. The number of benzene rings is 1. The molecule has 2 fully saturated rings. The molecule has 0 radical (unpaired) electrons. The molecule has 1 aromatic heterocycles. The molecule has 28 heavy (non-hydrogen) atoms. The van der Waals surface area contributed by atoms with Crippen molar-refractivity contribution in [3.05, 3.63) is 41.4 Å². The third-order valence-corrected chi connectivity index (χ3v) is 6.19. The highest BCUT2D eigenvalue weighted by Gasteiger charge is 2.24. The number of halogens is 2. The number of aliphatic imine (C=N–C) groups is 1. The van der Waals surface area contributed by atoms with E-state index in [1.165, 1.54) is 12.1 Å². The highest BCUT2D eigenvalue weighted by atomic mass is 32.1. The average molecular weight is 407 g/mol. The molecule has 1 aromatic carbocycles. The molecule has 2 aromatic rings. The molecule has 2 aliphatic rings. The van der Waals surface area contributed by atoms with Crippen molar-refractivity contribution in [2.45, 2.75) is 6.42 Å². The van der Waals surface area contributed by atoms with E-state index in [9.17, 15) is 8.78 Å². The van der Waals surface area contributed by atoms with Gasteiger partial charge >= 0.3 is 0 Å². The minimum Gasteiger partial charge on any atom is -0.371 e. The highest BCUT2D eigenvalue weighted by Crippen LogP contribution is 2.25. The minimum atomic E-state index is -0.813. The lowest BCUT2D eigenvalue weighted by atomic mass is 10.1. The van der Waals surface area contributed by atoms with Gasteiger partial charge in [0.05, 0.1) is 0 Å². The molecular weight excluding hydrogens is 382 g/mol. The fourth-order valence-corrected chi connectivity index (χ4v) is 4.42. The van der Waals surface area contributed by atoms with Crippen LogP contribution in [0.3, 0.4) is 0 Å². The molecule has 150 valence electrons. The Morgan fingerprint density at radius 3 is 2.68 bits per heavy atom. The van der Waals surface area contributed by atoms with Gasteiger partial charge in [-0.1, -0.05) is 0 Å². The number of nitrogens with zero attached hydrogens (tertiary/aromatic N) is 5. The van der Waals surface area contributed by atoms with Crippen LogP contribution in [0.4, 0.5) is 19.6 Å². The van der Waals surface area contributed by atoms with E-state index in [0.29, 0.717) is 18.4 Å². The van der Waals surface area contributed by atoms with E-state index in [1.54, 1.807) is 17.4 Å². The summed E-state index contributed by atoms with van der Waals surface area (Å²) in [5, 5.41) is 3.04. The Morgan fingerprint density at radius 1 is 1.14 bits per heavy atom. The zero-order valence-corrected chi connectivity index (χ0v) is 16.4. The van der Waals surface area contributed by atoms with E-state index in [1.807, 2.05) is 11.6 Å². The molecule has 1 atom stereocenters.